The SMILES string of the molecule is [B]C1C=NC2NCC(C=O)C2C1. The molecule has 4 atom stereocenters. The van der Waals surface area contributed by atoms with Crippen molar-refractivity contribution in [2.45, 2.75) is 18.4 Å². The van der Waals surface area contributed by atoms with Crippen molar-refractivity contribution in [2.24, 2.45) is 16.8 Å². The Hall–Kier alpha value is -0.635. The van der Waals surface area contributed by atoms with Crippen molar-refractivity contribution in [1.29, 1.82) is 0 Å². The first-order chi connectivity index (χ1) is 5.81. The van der Waals surface area contributed by atoms with Gasteiger partial charge in [-0.25, -0.2) is 0 Å². The number of aldehydes is 1. The quantitative estimate of drug-likeness (QED) is 0.427. The third-order valence-electron chi connectivity index (χ3n) is 2.68. The Labute approximate surface area is 73.0 Å². The molecule has 4 heteroatoms. The molecule has 12 heavy (non-hydrogen) atoms. The lowest BCUT2D eigenvalue weighted by Gasteiger charge is -2.25. The van der Waals surface area contributed by atoms with Gasteiger partial charge in [-0.1, -0.05) is 0 Å². The van der Waals surface area contributed by atoms with E-state index in [0.29, 0.717) is 5.92 Å². The first-order valence-corrected chi connectivity index (χ1v) is 4.29. The van der Waals surface area contributed by atoms with E-state index in [9.17, 15) is 4.79 Å². The zero-order valence-corrected chi connectivity index (χ0v) is 6.81. The molecular formula is C8H11BN2O. The van der Waals surface area contributed by atoms with Gasteiger partial charge in [-0.05, 0) is 18.5 Å². The molecule has 2 radical (unpaired) electrons. The molecule has 1 saturated heterocycles. The molecule has 1 fully saturated rings. The van der Waals surface area contributed by atoms with Crippen LogP contribution in [0.5, 0.6) is 0 Å². The van der Waals surface area contributed by atoms with Gasteiger partial charge >= 0.3 is 0 Å². The second-order valence-electron chi connectivity index (χ2n) is 3.51. The lowest BCUT2D eigenvalue weighted by molar-refractivity contribution is -0.111. The van der Waals surface area contributed by atoms with Crippen molar-refractivity contribution in [1.82, 2.24) is 5.32 Å². The Bertz CT molecular complexity index is 219. The monoisotopic (exact) mass is 162 g/mol. The molecule has 2 aliphatic heterocycles. The van der Waals surface area contributed by atoms with Crippen LogP contribution in [0.1, 0.15) is 6.42 Å². The third-order valence-corrected chi connectivity index (χ3v) is 2.68. The Morgan fingerprint density at radius 2 is 2.50 bits per heavy atom. The molecule has 0 amide bonds. The fourth-order valence-electron chi connectivity index (χ4n) is 1.99. The third kappa shape index (κ3) is 1.20. The lowest BCUT2D eigenvalue weighted by atomic mass is 9.75. The number of carbonyl (C=O) groups excluding carboxylic acids is 1. The molecule has 62 valence electrons. The van der Waals surface area contributed by atoms with E-state index in [-0.39, 0.29) is 17.9 Å². The summed E-state index contributed by atoms with van der Waals surface area (Å²) in [6.07, 6.45) is 3.82. The molecule has 2 aliphatic rings. The fraction of sp³-hybridized carbons (Fsp3) is 0.750. The largest absolute Gasteiger partial charge is 0.303 e. The molecule has 3 nitrogen and oxygen atoms in total. The predicted molar refractivity (Wildman–Crippen MR) is 47.4 cm³/mol. The number of aliphatic imine (C=N–C) groups is 1. The van der Waals surface area contributed by atoms with Crippen molar-refractivity contribution in [3.8, 4) is 0 Å². The van der Waals surface area contributed by atoms with Crippen LogP contribution in [0, 0.1) is 11.8 Å². The zero-order chi connectivity index (χ0) is 8.55. The van der Waals surface area contributed by atoms with Gasteiger partial charge in [-0.15, -0.1) is 0 Å². The van der Waals surface area contributed by atoms with Crippen LogP contribution in [-0.4, -0.2) is 33.1 Å². The zero-order valence-electron chi connectivity index (χ0n) is 6.81. The Balaban J connectivity index is 2.13. The highest BCUT2D eigenvalue weighted by Crippen LogP contribution is 2.31. The summed E-state index contributed by atoms with van der Waals surface area (Å²) < 4.78 is 0. The molecule has 2 rings (SSSR count). The van der Waals surface area contributed by atoms with E-state index < -0.39 is 0 Å². The molecule has 0 saturated carbocycles. The predicted octanol–water partition coefficient (Wildman–Crippen LogP) is -0.222. The topological polar surface area (TPSA) is 41.5 Å². The van der Waals surface area contributed by atoms with Crippen molar-refractivity contribution in [3.63, 3.8) is 0 Å². The highest BCUT2D eigenvalue weighted by Gasteiger charge is 2.37. The number of nitrogens with one attached hydrogen (secondary N) is 1. The van der Waals surface area contributed by atoms with E-state index in [1.807, 2.05) is 0 Å². The van der Waals surface area contributed by atoms with E-state index in [1.165, 1.54) is 0 Å². The van der Waals surface area contributed by atoms with Gasteiger partial charge in [0.2, 0.25) is 0 Å². The molecule has 2 heterocycles. The van der Waals surface area contributed by atoms with Crippen molar-refractivity contribution >= 4 is 20.3 Å². The van der Waals surface area contributed by atoms with Gasteiger partial charge in [0, 0.05) is 18.4 Å². The number of fused-ring (bicyclic) bond motifs is 1. The molecular weight excluding hydrogens is 151 g/mol. The standard InChI is InChI=1S/C8H11BN2O/c9-6-1-7-5(4-12)2-10-8(7)11-3-6/h3-8,10H,1-2H2. The van der Waals surface area contributed by atoms with Gasteiger partial charge in [0.1, 0.15) is 12.5 Å². The maximum atomic E-state index is 10.6. The van der Waals surface area contributed by atoms with Crippen LogP contribution in [0.3, 0.4) is 0 Å². The average Bonchev–Trinajstić information content (AvgIpc) is 2.46. The van der Waals surface area contributed by atoms with Gasteiger partial charge < -0.3 is 4.79 Å². The summed E-state index contributed by atoms with van der Waals surface area (Å²) in [5.41, 5.74) is 0. The minimum atomic E-state index is 0.0357. The maximum absolute atomic E-state index is 10.6. The summed E-state index contributed by atoms with van der Waals surface area (Å²) in [6, 6.07) is 0. The average molecular weight is 162 g/mol. The van der Waals surface area contributed by atoms with Gasteiger partial charge in [-0.3, -0.25) is 10.3 Å². The molecule has 0 spiro atoms. The summed E-state index contributed by atoms with van der Waals surface area (Å²) in [5.74, 6) is 0.467. The van der Waals surface area contributed by atoms with Crippen LogP contribution in [0.4, 0.5) is 0 Å². The van der Waals surface area contributed by atoms with E-state index in [1.54, 1.807) is 6.21 Å². The van der Waals surface area contributed by atoms with Gasteiger partial charge in [0.25, 0.3) is 0 Å². The molecule has 0 aromatic carbocycles. The van der Waals surface area contributed by atoms with Crippen LogP contribution in [0.25, 0.3) is 0 Å². The van der Waals surface area contributed by atoms with Crippen molar-refractivity contribution in [2.75, 3.05) is 6.54 Å². The van der Waals surface area contributed by atoms with E-state index in [4.69, 9.17) is 7.85 Å². The fourth-order valence-corrected chi connectivity index (χ4v) is 1.99. The number of hydrogen-bond acceptors (Lipinski definition) is 3. The van der Waals surface area contributed by atoms with Gasteiger partial charge in [-0.2, -0.15) is 0 Å². The second kappa shape index (κ2) is 3.01. The highest BCUT2D eigenvalue weighted by atomic mass is 16.1. The minimum Gasteiger partial charge on any atom is -0.303 e. The van der Waals surface area contributed by atoms with Gasteiger partial charge in [0.15, 0.2) is 0 Å². The Morgan fingerprint density at radius 3 is 3.25 bits per heavy atom. The first-order valence-electron chi connectivity index (χ1n) is 4.29. The van der Waals surface area contributed by atoms with E-state index >= 15 is 0 Å². The molecule has 4 unspecified atom stereocenters. The highest BCUT2D eigenvalue weighted by molar-refractivity contribution is 6.20. The summed E-state index contributed by atoms with van der Waals surface area (Å²) in [6.45, 7) is 0.753. The van der Waals surface area contributed by atoms with Gasteiger partial charge in [0.05, 0.1) is 7.85 Å². The minimum absolute atomic E-state index is 0.0357. The van der Waals surface area contributed by atoms with E-state index in [2.05, 4.69) is 10.3 Å². The lowest BCUT2D eigenvalue weighted by Crippen LogP contribution is -2.30. The summed E-state index contributed by atoms with van der Waals surface area (Å²) >= 11 is 0. The smallest absolute Gasteiger partial charge is 0.124 e. The molecule has 1 N–H and O–H groups in total. The summed E-state index contributed by atoms with van der Waals surface area (Å²) in [5, 5.41) is 3.20. The summed E-state index contributed by atoms with van der Waals surface area (Å²) in [7, 11) is 5.71. The Morgan fingerprint density at radius 1 is 1.67 bits per heavy atom. The molecule has 0 aromatic heterocycles. The van der Waals surface area contributed by atoms with Crippen LogP contribution in [0.2, 0.25) is 5.82 Å². The molecule has 0 aliphatic carbocycles. The number of rotatable bonds is 1. The Kier molecular flexibility index (Phi) is 2.01. The van der Waals surface area contributed by atoms with Crippen LogP contribution in [0.15, 0.2) is 4.99 Å². The second-order valence-corrected chi connectivity index (χ2v) is 3.51. The number of nitrogens with zero attached hydrogens (tertiary/aromatic N) is 1. The van der Waals surface area contributed by atoms with Crippen molar-refractivity contribution < 1.29 is 4.79 Å². The van der Waals surface area contributed by atoms with Crippen LogP contribution >= 0.6 is 0 Å². The normalized spacial score (nSPS) is 45.7. The van der Waals surface area contributed by atoms with Crippen LogP contribution < -0.4 is 5.32 Å². The van der Waals surface area contributed by atoms with Crippen LogP contribution in [-0.2, 0) is 4.79 Å². The summed E-state index contributed by atoms with van der Waals surface area (Å²) in [4.78, 5) is 14.9. The number of hydrogen-bond donors (Lipinski definition) is 1. The maximum Gasteiger partial charge on any atom is 0.124 e. The van der Waals surface area contributed by atoms with E-state index in [0.717, 1.165) is 19.3 Å². The number of carbonyl (C=O) groups is 1. The first kappa shape index (κ1) is 7.99. The van der Waals surface area contributed by atoms with Crippen molar-refractivity contribution in [3.05, 3.63) is 0 Å². The molecule has 0 bridgehead atoms. The molecule has 0 aromatic rings.